The average molecular weight is 208 g/mol. The summed E-state index contributed by atoms with van der Waals surface area (Å²) in [5.41, 5.74) is 0.230. The van der Waals surface area contributed by atoms with Gasteiger partial charge in [-0.2, -0.15) is 0 Å². The second-order valence-electron chi connectivity index (χ2n) is 5.08. The number of hydrogen-bond acceptors (Lipinski definition) is 3. The summed E-state index contributed by atoms with van der Waals surface area (Å²) in [6.07, 6.45) is 6.41. The van der Waals surface area contributed by atoms with Crippen molar-refractivity contribution < 1.29 is 14.6 Å². The second-order valence-corrected chi connectivity index (χ2v) is 5.08. The number of allylic oxidation sites excluding steroid dienone is 2. The van der Waals surface area contributed by atoms with Crippen LogP contribution in [-0.2, 0) is 9.53 Å². The zero-order valence-electron chi connectivity index (χ0n) is 8.85. The Morgan fingerprint density at radius 3 is 3.00 bits per heavy atom. The van der Waals surface area contributed by atoms with E-state index < -0.39 is 0 Å². The van der Waals surface area contributed by atoms with Crippen LogP contribution in [0.4, 0.5) is 0 Å². The first kappa shape index (κ1) is 9.40. The zero-order valence-corrected chi connectivity index (χ0v) is 8.85. The van der Waals surface area contributed by atoms with Crippen LogP contribution in [0.2, 0.25) is 0 Å². The van der Waals surface area contributed by atoms with Gasteiger partial charge in [0.25, 0.3) is 0 Å². The molecule has 3 aliphatic rings. The monoisotopic (exact) mass is 208 g/mol. The number of aliphatic hydroxyl groups excluding tert-OH is 1. The fourth-order valence-electron chi connectivity index (χ4n) is 3.95. The van der Waals surface area contributed by atoms with E-state index in [0.29, 0.717) is 17.8 Å². The largest absolute Gasteiger partial charge is 0.469 e. The molecule has 1 spiro atoms. The van der Waals surface area contributed by atoms with Gasteiger partial charge in [-0.3, -0.25) is 4.79 Å². The van der Waals surface area contributed by atoms with E-state index in [2.05, 4.69) is 12.2 Å². The predicted octanol–water partition coefficient (Wildman–Crippen LogP) is 0.980. The van der Waals surface area contributed by atoms with Crippen LogP contribution < -0.4 is 0 Å². The molecule has 2 bridgehead atoms. The SMILES string of the molecule is COC(=O)[C@H]1C[C@H]2C=C[C@@H]1C21CC1CO. The van der Waals surface area contributed by atoms with Crippen LogP contribution in [0.3, 0.4) is 0 Å². The van der Waals surface area contributed by atoms with Gasteiger partial charge in [0.05, 0.1) is 13.0 Å². The third-order valence-electron chi connectivity index (χ3n) is 4.73. The van der Waals surface area contributed by atoms with Gasteiger partial charge in [0.15, 0.2) is 0 Å². The first-order chi connectivity index (χ1) is 7.24. The average Bonchev–Trinajstić information content (AvgIpc) is 2.82. The third-order valence-corrected chi connectivity index (χ3v) is 4.73. The Kier molecular flexibility index (Phi) is 1.78. The minimum Gasteiger partial charge on any atom is -0.469 e. The lowest BCUT2D eigenvalue weighted by Crippen LogP contribution is -2.23. The highest BCUT2D eigenvalue weighted by molar-refractivity contribution is 5.74. The van der Waals surface area contributed by atoms with Crippen molar-refractivity contribution in [3.63, 3.8) is 0 Å². The first-order valence-electron chi connectivity index (χ1n) is 5.61. The molecule has 0 amide bonds. The van der Waals surface area contributed by atoms with E-state index in [-0.39, 0.29) is 23.9 Å². The molecule has 5 atom stereocenters. The lowest BCUT2D eigenvalue weighted by atomic mass is 9.87. The van der Waals surface area contributed by atoms with Gasteiger partial charge in [-0.25, -0.2) is 0 Å². The van der Waals surface area contributed by atoms with Crippen molar-refractivity contribution in [3.05, 3.63) is 12.2 Å². The first-order valence-corrected chi connectivity index (χ1v) is 5.61. The van der Waals surface area contributed by atoms with E-state index in [1.165, 1.54) is 7.11 Å². The molecule has 0 saturated heterocycles. The van der Waals surface area contributed by atoms with Crippen LogP contribution in [0.1, 0.15) is 12.8 Å². The molecular weight excluding hydrogens is 192 g/mol. The summed E-state index contributed by atoms with van der Waals surface area (Å²) in [5.74, 6) is 1.21. The highest BCUT2D eigenvalue weighted by Crippen LogP contribution is 2.73. The number of ether oxygens (including phenoxy) is 1. The maximum absolute atomic E-state index is 11.6. The van der Waals surface area contributed by atoms with Gasteiger partial charge in [0.2, 0.25) is 0 Å². The lowest BCUT2D eigenvalue weighted by molar-refractivity contribution is -0.146. The smallest absolute Gasteiger partial charge is 0.309 e. The molecular formula is C12H16O3. The van der Waals surface area contributed by atoms with Gasteiger partial charge in [0.1, 0.15) is 0 Å². The van der Waals surface area contributed by atoms with Gasteiger partial charge in [-0.15, -0.1) is 0 Å². The second kappa shape index (κ2) is 2.85. The number of hydrogen-bond donors (Lipinski definition) is 1. The van der Waals surface area contributed by atoms with Crippen LogP contribution in [0, 0.1) is 29.1 Å². The van der Waals surface area contributed by atoms with Gasteiger partial charge in [0, 0.05) is 6.61 Å². The summed E-state index contributed by atoms with van der Waals surface area (Å²) >= 11 is 0. The topological polar surface area (TPSA) is 46.5 Å². The minimum atomic E-state index is -0.0742. The number of carbonyl (C=O) groups is 1. The summed E-state index contributed by atoms with van der Waals surface area (Å²) < 4.78 is 4.84. The molecule has 3 rings (SSSR count). The Balaban J connectivity index is 1.85. The fraction of sp³-hybridized carbons (Fsp3) is 0.750. The highest BCUT2D eigenvalue weighted by atomic mass is 16.5. The van der Waals surface area contributed by atoms with Crippen molar-refractivity contribution in [2.45, 2.75) is 12.8 Å². The van der Waals surface area contributed by atoms with Gasteiger partial charge in [-0.1, -0.05) is 12.2 Å². The van der Waals surface area contributed by atoms with E-state index in [9.17, 15) is 9.90 Å². The molecule has 3 aliphatic carbocycles. The maximum atomic E-state index is 11.6. The Labute approximate surface area is 89.1 Å². The van der Waals surface area contributed by atoms with E-state index >= 15 is 0 Å². The van der Waals surface area contributed by atoms with Crippen molar-refractivity contribution >= 4 is 5.97 Å². The number of esters is 1. The zero-order chi connectivity index (χ0) is 10.6. The summed E-state index contributed by atoms with van der Waals surface area (Å²) in [6.45, 7) is 0.266. The van der Waals surface area contributed by atoms with Crippen molar-refractivity contribution in [3.8, 4) is 0 Å². The molecule has 0 aromatic carbocycles. The molecule has 0 heterocycles. The van der Waals surface area contributed by atoms with Crippen molar-refractivity contribution in [1.29, 1.82) is 0 Å². The predicted molar refractivity (Wildman–Crippen MR) is 53.9 cm³/mol. The maximum Gasteiger partial charge on any atom is 0.309 e. The molecule has 2 saturated carbocycles. The molecule has 82 valence electrons. The molecule has 15 heavy (non-hydrogen) atoms. The van der Waals surface area contributed by atoms with E-state index in [1.54, 1.807) is 0 Å². The van der Waals surface area contributed by atoms with Gasteiger partial charge in [-0.05, 0) is 36.0 Å². The summed E-state index contributed by atoms with van der Waals surface area (Å²) in [5, 5.41) is 9.23. The van der Waals surface area contributed by atoms with E-state index in [0.717, 1.165) is 12.8 Å². The van der Waals surface area contributed by atoms with Crippen molar-refractivity contribution in [1.82, 2.24) is 0 Å². The molecule has 2 fully saturated rings. The molecule has 0 aliphatic heterocycles. The third kappa shape index (κ3) is 0.969. The van der Waals surface area contributed by atoms with Gasteiger partial charge < -0.3 is 9.84 Å². The van der Waals surface area contributed by atoms with Crippen LogP contribution in [-0.4, -0.2) is 24.8 Å². The normalized spacial score (nSPS) is 50.0. The summed E-state index contributed by atoms with van der Waals surface area (Å²) in [6, 6.07) is 0. The number of aliphatic hydroxyl groups is 1. The lowest BCUT2D eigenvalue weighted by Gasteiger charge is -2.18. The van der Waals surface area contributed by atoms with Crippen molar-refractivity contribution in [2.75, 3.05) is 13.7 Å². The number of methoxy groups -OCH3 is 1. The fourth-order valence-corrected chi connectivity index (χ4v) is 3.95. The van der Waals surface area contributed by atoms with E-state index in [1.807, 2.05) is 0 Å². The number of carbonyl (C=O) groups excluding carboxylic acids is 1. The minimum absolute atomic E-state index is 0.0431. The molecule has 3 heteroatoms. The Morgan fingerprint density at radius 1 is 1.60 bits per heavy atom. The molecule has 1 N–H and O–H groups in total. The summed E-state index contributed by atoms with van der Waals surface area (Å²) in [4.78, 5) is 11.6. The highest BCUT2D eigenvalue weighted by Gasteiger charge is 2.69. The Hall–Kier alpha value is -0.830. The van der Waals surface area contributed by atoms with Crippen molar-refractivity contribution in [2.24, 2.45) is 29.1 Å². The standard InChI is InChI=1S/C12H16O3/c1-15-11(14)9-4-7-2-3-10(9)12(7)5-8(12)6-13/h2-3,7-10,13H,4-6H2,1H3/t7-,8?,9+,10+,12?/m1/s1. The van der Waals surface area contributed by atoms with E-state index in [4.69, 9.17) is 4.74 Å². The van der Waals surface area contributed by atoms with Gasteiger partial charge >= 0.3 is 5.97 Å². The summed E-state index contributed by atoms with van der Waals surface area (Å²) in [7, 11) is 1.46. The molecule has 0 aromatic heterocycles. The number of rotatable bonds is 2. The van der Waals surface area contributed by atoms with Crippen LogP contribution >= 0.6 is 0 Å². The molecule has 0 radical (unpaired) electrons. The Morgan fingerprint density at radius 2 is 2.40 bits per heavy atom. The Bertz CT molecular complexity index is 336. The molecule has 3 nitrogen and oxygen atoms in total. The molecule has 2 unspecified atom stereocenters. The quantitative estimate of drug-likeness (QED) is 0.543. The van der Waals surface area contributed by atoms with Crippen LogP contribution in [0.5, 0.6) is 0 Å². The van der Waals surface area contributed by atoms with Crippen LogP contribution in [0.25, 0.3) is 0 Å². The van der Waals surface area contributed by atoms with Crippen LogP contribution in [0.15, 0.2) is 12.2 Å². The molecule has 0 aromatic rings.